The summed E-state index contributed by atoms with van der Waals surface area (Å²) in [5.74, 6) is 1.53. The predicted molar refractivity (Wildman–Crippen MR) is 106 cm³/mol. The molecule has 0 aromatic heterocycles. The molecule has 4 nitrogen and oxygen atoms in total. The van der Waals surface area contributed by atoms with Gasteiger partial charge in [0.05, 0.1) is 6.54 Å². The molecule has 2 N–H and O–H groups in total. The molecule has 2 fully saturated rings. The Morgan fingerprint density at radius 2 is 1.50 bits per heavy atom. The van der Waals surface area contributed by atoms with Crippen molar-refractivity contribution in [2.75, 3.05) is 32.7 Å². The standard InChI is InChI=1S/C17H34N4.HI/c1-3-15(4-2)16(20-10-8-9-11-20)14-19-17(18)21-12-6-5-7-13-21;/h15-16H,3-14H2,1-2H3,(H2,18,19);1H. The van der Waals surface area contributed by atoms with Crippen LogP contribution < -0.4 is 5.73 Å². The van der Waals surface area contributed by atoms with Gasteiger partial charge in [-0.3, -0.25) is 9.89 Å². The van der Waals surface area contributed by atoms with E-state index in [0.29, 0.717) is 6.04 Å². The Hall–Kier alpha value is -0.0400. The van der Waals surface area contributed by atoms with Gasteiger partial charge in [-0.15, -0.1) is 24.0 Å². The molecule has 0 aromatic rings. The molecule has 2 aliphatic heterocycles. The zero-order chi connectivity index (χ0) is 15.1. The Balaban J connectivity index is 0.00000242. The van der Waals surface area contributed by atoms with Crippen molar-refractivity contribution in [1.82, 2.24) is 9.80 Å². The molecule has 1 unspecified atom stereocenters. The minimum atomic E-state index is 0. The van der Waals surface area contributed by atoms with Crippen LogP contribution in [0.5, 0.6) is 0 Å². The highest BCUT2D eigenvalue weighted by atomic mass is 127. The molecule has 22 heavy (non-hydrogen) atoms. The number of halogens is 1. The van der Waals surface area contributed by atoms with Crippen LogP contribution in [0.1, 0.15) is 58.8 Å². The third-order valence-electron chi connectivity index (χ3n) is 5.32. The van der Waals surface area contributed by atoms with Crippen molar-refractivity contribution in [2.45, 2.75) is 64.8 Å². The highest BCUT2D eigenvalue weighted by Gasteiger charge is 2.27. The first kappa shape index (κ1) is 20.0. The van der Waals surface area contributed by atoms with Crippen LogP contribution in [-0.2, 0) is 0 Å². The lowest BCUT2D eigenvalue weighted by Crippen LogP contribution is -2.44. The van der Waals surface area contributed by atoms with Crippen LogP contribution in [0.4, 0.5) is 0 Å². The fraction of sp³-hybridized carbons (Fsp3) is 0.941. The van der Waals surface area contributed by atoms with Gasteiger partial charge in [-0.25, -0.2) is 0 Å². The summed E-state index contributed by atoms with van der Waals surface area (Å²) < 4.78 is 0. The van der Waals surface area contributed by atoms with Crippen LogP contribution in [0.25, 0.3) is 0 Å². The summed E-state index contributed by atoms with van der Waals surface area (Å²) in [6.07, 6.45) is 9.06. The van der Waals surface area contributed by atoms with Crippen LogP contribution in [0.2, 0.25) is 0 Å². The summed E-state index contributed by atoms with van der Waals surface area (Å²) in [6, 6.07) is 0.589. The van der Waals surface area contributed by atoms with Gasteiger partial charge >= 0.3 is 0 Å². The van der Waals surface area contributed by atoms with Gasteiger partial charge in [0.25, 0.3) is 0 Å². The van der Waals surface area contributed by atoms with Gasteiger partial charge < -0.3 is 10.6 Å². The summed E-state index contributed by atoms with van der Waals surface area (Å²) in [5, 5.41) is 0. The number of piperidine rings is 1. The van der Waals surface area contributed by atoms with Crippen molar-refractivity contribution < 1.29 is 0 Å². The van der Waals surface area contributed by atoms with Crippen LogP contribution in [0.3, 0.4) is 0 Å². The first-order valence-electron chi connectivity index (χ1n) is 9.05. The lowest BCUT2D eigenvalue weighted by Gasteiger charge is -2.33. The van der Waals surface area contributed by atoms with E-state index in [2.05, 4.69) is 23.6 Å². The monoisotopic (exact) mass is 422 g/mol. The minimum absolute atomic E-state index is 0. The Labute approximate surface area is 153 Å². The molecule has 5 heteroatoms. The number of hydrogen-bond acceptors (Lipinski definition) is 2. The van der Waals surface area contributed by atoms with Crippen LogP contribution >= 0.6 is 24.0 Å². The number of nitrogens with zero attached hydrogens (tertiary/aromatic N) is 3. The Morgan fingerprint density at radius 1 is 0.955 bits per heavy atom. The molecule has 0 amide bonds. The number of likely N-dealkylation sites (tertiary alicyclic amines) is 2. The minimum Gasteiger partial charge on any atom is -0.370 e. The van der Waals surface area contributed by atoms with Crippen molar-refractivity contribution in [3.8, 4) is 0 Å². The van der Waals surface area contributed by atoms with Crippen molar-refractivity contribution in [2.24, 2.45) is 16.6 Å². The van der Waals surface area contributed by atoms with Gasteiger partial charge in [-0.1, -0.05) is 26.7 Å². The van der Waals surface area contributed by atoms with Crippen molar-refractivity contribution in [3.05, 3.63) is 0 Å². The smallest absolute Gasteiger partial charge is 0.191 e. The van der Waals surface area contributed by atoms with Crippen LogP contribution in [-0.4, -0.2) is 54.5 Å². The van der Waals surface area contributed by atoms with Crippen molar-refractivity contribution in [1.29, 1.82) is 0 Å². The lowest BCUT2D eigenvalue weighted by molar-refractivity contribution is 0.171. The summed E-state index contributed by atoms with van der Waals surface area (Å²) in [6.45, 7) is 10.2. The Kier molecular flexibility index (Phi) is 9.71. The average Bonchev–Trinajstić information content (AvgIpc) is 3.06. The lowest BCUT2D eigenvalue weighted by atomic mass is 9.93. The molecule has 0 aromatic carbocycles. The van der Waals surface area contributed by atoms with Gasteiger partial charge in [0, 0.05) is 19.1 Å². The quantitative estimate of drug-likeness (QED) is 0.406. The molecule has 0 aliphatic carbocycles. The van der Waals surface area contributed by atoms with E-state index in [1.54, 1.807) is 0 Å². The Bertz CT molecular complexity index is 317. The first-order chi connectivity index (χ1) is 10.3. The molecule has 2 saturated heterocycles. The van der Waals surface area contributed by atoms with E-state index in [9.17, 15) is 0 Å². The van der Waals surface area contributed by atoms with E-state index < -0.39 is 0 Å². The maximum absolute atomic E-state index is 6.24. The fourth-order valence-corrected chi connectivity index (χ4v) is 3.88. The molecule has 2 aliphatic rings. The van der Waals surface area contributed by atoms with Gasteiger partial charge in [-0.2, -0.15) is 0 Å². The Morgan fingerprint density at radius 3 is 2.05 bits per heavy atom. The summed E-state index contributed by atoms with van der Waals surface area (Å²) in [5.41, 5.74) is 6.24. The topological polar surface area (TPSA) is 44.9 Å². The first-order valence-corrected chi connectivity index (χ1v) is 9.05. The summed E-state index contributed by atoms with van der Waals surface area (Å²) in [7, 11) is 0. The third-order valence-corrected chi connectivity index (χ3v) is 5.32. The number of hydrogen-bond donors (Lipinski definition) is 1. The van der Waals surface area contributed by atoms with E-state index in [4.69, 9.17) is 10.7 Å². The molecular formula is C17H35IN4. The SMILES string of the molecule is CCC(CC)C(CN=C(N)N1CCCCC1)N1CCCC1.I. The van der Waals surface area contributed by atoms with E-state index in [0.717, 1.165) is 31.5 Å². The highest BCUT2D eigenvalue weighted by Crippen LogP contribution is 2.23. The molecule has 0 saturated carbocycles. The molecule has 2 heterocycles. The van der Waals surface area contributed by atoms with Gasteiger partial charge in [0.15, 0.2) is 5.96 Å². The molecule has 0 spiro atoms. The second-order valence-electron chi connectivity index (χ2n) is 6.63. The second-order valence-corrected chi connectivity index (χ2v) is 6.63. The highest BCUT2D eigenvalue weighted by molar-refractivity contribution is 14.0. The molecule has 0 radical (unpaired) electrons. The van der Waals surface area contributed by atoms with E-state index >= 15 is 0 Å². The molecule has 130 valence electrons. The third kappa shape index (κ3) is 5.55. The average molecular weight is 422 g/mol. The molecule has 0 bridgehead atoms. The molecule has 1 atom stereocenters. The van der Waals surface area contributed by atoms with E-state index in [1.807, 2.05) is 0 Å². The fourth-order valence-electron chi connectivity index (χ4n) is 3.88. The number of rotatable bonds is 6. The van der Waals surface area contributed by atoms with Gasteiger partial charge in [0.2, 0.25) is 0 Å². The molecule has 2 rings (SSSR count). The number of aliphatic imine (C=N–C) groups is 1. The van der Waals surface area contributed by atoms with E-state index in [-0.39, 0.29) is 24.0 Å². The van der Waals surface area contributed by atoms with Gasteiger partial charge in [-0.05, 0) is 51.1 Å². The van der Waals surface area contributed by atoms with Crippen molar-refractivity contribution in [3.63, 3.8) is 0 Å². The zero-order valence-corrected chi connectivity index (χ0v) is 16.8. The van der Waals surface area contributed by atoms with Gasteiger partial charge in [0.1, 0.15) is 0 Å². The molecular weight excluding hydrogens is 387 g/mol. The second kappa shape index (κ2) is 10.7. The summed E-state index contributed by atoms with van der Waals surface area (Å²) >= 11 is 0. The van der Waals surface area contributed by atoms with Crippen LogP contribution in [0, 0.1) is 5.92 Å². The maximum Gasteiger partial charge on any atom is 0.191 e. The summed E-state index contributed by atoms with van der Waals surface area (Å²) in [4.78, 5) is 9.72. The predicted octanol–water partition coefficient (Wildman–Crippen LogP) is 3.31. The number of guanidine groups is 1. The van der Waals surface area contributed by atoms with Crippen LogP contribution in [0.15, 0.2) is 4.99 Å². The van der Waals surface area contributed by atoms with E-state index in [1.165, 1.54) is 58.0 Å². The zero-order valence-electron chi connectivity index (χ0n) is 14.5. The van der Waals surface area contributed by atoms with Crippen molar-refractivity contribution >= 4 is 29.9 Å². The maximum atomic E-state index is 6.24. The normalized spacial score (nSPS) is 22.0. The largest absolute Gasteiger partial charge is 0.370 e. The number of nitrogens with two attached hydrogens (primary N) is 1.